The lowest BCUT2D eigenvalue weighted by molar-refractivity contribution is -0.119. The molecule has 3 aliphatic rings. The second-order valence-electron chi connectivity index (χ2n) is 10.1. The minimum Gasteiger partial charge on any atom is -0.453 e. The molecule has 2 amide bonds. The number of fused-ring (bicyclic) bond motifs is 2. The zero-order valence-corrected chi connectivity index (χ0v) is 22.2. The Labute approximate surface area is 227 Å². The number of benzene rings is 2. The molecule has 2 aromatic carbocycles. The smallest absolute Gasteiger partial charge is 0.409 e. The van der Waals surface area contributed by atoms with Crippen molar-refractivity contribution in [2.75, 3.05) is 30.9 Å². The van der Waals surface area contributed by atoms with Gasteiger partial charge in [-0.2, -0.15) is 0 Å². The molecule has 0 radical (unpaired) electrons. The number of hydrogen-bond acceptors (Lipinski definition) is 9. The van der Waals surface area contributed by atoms with Crippen molar-refractivity contribution in [1.29, 1.82) is 0 Å². The fourth-order valence-electron chi connectivity index (χ4n) is 5.44. The number of ether oxygens (including phenoxy) is 1. The largest absolute Gasteiger partial charge is 0.453 e. The molecule has 204 valence electrons. The molecule has 2 fully saturated rings. The van der Waals surface area contributed by atoms with Crippen LogP contribution in [0.1, 0.15) is 17.9 Å². The lowest BCUT2D eigenvalue weighted by atomic mass is 10.1. The van der Waals surface area contributed by atoms with Crippen LogP contribution in [0.15, 0.2) is 45.7 Å². The predicted molar refractivity (Wildman–Crippen MR) is 136 cm³/mol. The number of nitrogens with zero attached hydrogens (tertiary/aromatic N) is 4. The number of halogens is 2. The number of rotatable bonds is 4. The Hall–Kier alpha value is -3.55. The first-order valence-electron chi connectivity index (χ1n) is 12.1. The minimum absolute atomic E-state index is 0.0273. The van der Waals surface area contributed by atoms with Gasteiger partial charge in [0.25, 0.3) is 5.89 Å². The number of carbonyl (C=O) groups is 2. The van der Waals surface area contributed by atoms with Gasteiger partial charge in [-0.05, 0) is 42.2 Å². The standard InChI is InChI=1S/C25H23ClFN5O6S/c1-37-24(34)31-10-14-8-25(14,12-31)23-30-29-21(38-23)16-6-19-20(7-17(16)27)39(35,36)11-18(28)22(33)32(19)9-13-2-4-15(26)5-3-13/h2-7,14,18H,8-12,28H2,1H3/t14?,18-,25?/m0/s1. The van der Waals surface area contributed by atoms with E-state index in [1.54, 1.807) is 29.2 Å². The van der Waals surface area contributed by atoms with Crippen LogP contribution in [0.4, 0.5) is 14.9 Å². The van der Waals surface area contributed by atoms with Crippen LogP contribution in [0, 0.1) is 11.7 Å². The van der Waals surface area contributed by atoms with Crippen LogP contribution in [0.5, 0.6) is 0 Å². The molecule has 0 spiro atoms. The summed E-state index contributed by atoms with van der Waals surface area (Å²) in [5.74, 6) is -2.02. The Morgan fingerprint density at radius 1 is 1.28 bits per heavy atom. The van der Waals surface area contributed by atoms with E-state index in [0.717, 1.165) is 12.5 Å². The highest BCUT2D eigenvalue weighted by atomic mass is 35.5. The molecule has 3 aromatic rings. The molecule has 6 rings (SSSR count). The van der Waals surface area contributed by atoms with Crippen molar-refractivity contribution in [3.63, 3.8) is 0 Å². The molecule has 2 unspecified atom stereocenters. The first kappa shape index (κ1) is 25.7. The number of piperidine rings is 1. The predicted octanol–water partition coefficient (Wildman–Crippen LogP) is 2.52. The SMILES string of the molecule is COC(=O)N1CC2CC2(c2nnc(-c3cc4c(cc3F)S(=O)(=O)C[C@H](N)C(=O)N4Cc3ccc(Cl)cc3)o2)C1. The number of amides is 2. The van der Waals surface area contributed by atoms with Crippen LogP contribution in [0.3, 0.4) is 0 Å². The lowest BCUT2D eigenvalue weighted by Crippen LogP contribution is -2.45. The van der Waals surface area contributed by atoms with Gasteiger partial charge in [-0.1, -0.05) is 23.7 Å². The molecule has 1 aliphatic carbocycles. The van der Waals surface area contributed by atoms with Gasteiger partial charge in [-0.15, -0.1) is 10.2 Å². The summed E-state index contributed by atoms with van der Waals surface area (Å²) < 4.78 is 52.3. The van der Waals surface area contributed by atoms with Gasteiger partial charge in [0.05, 0.1) is 47.0 Å². The molecule has 11 nitrogen and oxygen atoms in total. The molecular weight excluding hydrogens is 553 g/mol. The van der Waals surface area contributed by atoms with Crippen LogP contribution >= 0.6 is 11.6 Å². The summed E-state index contributed by atoms with van der Waals surface area (Å²) in [5.41, 5.74) is 5.88. The van der Waals surface area contributed by atoms with Crippen LogP contribution in [0.25, 0.3) is 11.5 Å². The van der Waals surface area contributed by atoms with Gasteiger partial charge in [0.15, 0.2) is 9.84 Å². The highest BCUT2D eigenvalue weighted by molar-refractivity contribution is 7.91. The van der Waals surface area contributed by atoms with E-state index in [1.807, 2.05) is 0 Å². The van der Waals surface area contributed by atoms with Crippen LogP contribution < -0.4 is 10.6 Å². The van der Waals surface area contributed by atoms with Crippen molar-refractivity contribution in [1.82, 2.24) is 15.1 Å². The molecule has 3 atom stereocenters. The highest BCUT2D eigenvalue weighted by Crippen LogP contribution is 2.59. The third-order valence-corrected chi connectivity index (χ3v) is 9.62. The van der Waals surface area contributed by atoms with Crippen molar-refractivity contribution in [2.45, 2.75) is 29.3 Å². The summed E-state index contributed by atoms with van der Waals surface area (Å²) in [4.78, 5) is 27.6. The number of nitrogens with two attached hydrogens (primary N) is 1. The van der Waals surface area contributed by atoms with Gasteiger partial charge < -0.3 is 24.7 Å². The van der Waals surface area contributed by atoms with Crippen molar-refractivity contribution < 1.29 is 31.6 Å². The average molecular weight is 576 g/mol. The molecule has 2 N–H and O–H groups in total. The van der Waals surface area contributed by atoms with Crippen molar-refractivity contribution in [3.05, 3.63) is 58.7 Å². The molecule has 3 heterocycles. The number of carbonyl (C=O) groups excluding carboxylic acids is 2. The summed E-state index contributed by atoms with van der Waals surface area (Å²) in [6.07, 6.45) is 0.275. The zero-order chi connectivity index (χ0) is 27.7. The summed E-state index contributed by atoms with van der Waals surface area (Å²) >= 11 is 5.98. The summed E-state index contributed by atoms with van der Waals surface area (Å²) in [5, 5.41) is 8.66. The first-order valence-corrected chi connectivity index (χ1v) is 14.1. The van der Waals surface area contributed by atoms with Gasteiger partial charge in [-0.25, -0.2) is 17.6 Å². The Kier molecular flexibility index (Phi) is 5.93. The number of aromatic nitrogens is 2. The molecule has 14 heteroatoms. The number of hydrogen-bond donors (Lipinski definition) is 1. The van der Waals surface area contributed by atoms with E-state index < -0.39 is 44.9 Å². The summed E-state index contributed by atoms with van der Waals surface area (Å²) in [7, 11) is -2.80. The Bertz CT molecular complexity index is 1610. The van der Waals surface area contributed by atoms with Gasteiger partial charge in [0.2, 0.25) is 11.8 Å². The molecule has 1 aromatic heterocycles. The second-order valence-corrected chi connectivity index (χ2v) is 12.5. The van der Waals surface area contributed by atoms with E-state index in [2.05, 4.69) is 10.2 Å². The van der Waals surface area contributed by atoms with E-state index in [-0.39, 0.29) is 40.4 Å². The van der Waals surface area contributed by atoms with Gasteiger partial charge in [0.1, 0.15) is 5.82 Å². The summed E-state index contributed by atoms with van der Waals surface area (Å²) in [6, 6.07) is 7.41. The van der Waals surface area contributed by atoms with Crippen molar-refractivity contribution in [2.24, 2.45) is 11.7 Å². The van der Waals surface area contributed by atoms with E-state index in [1.165, 1.54) is 18.1 Å². The molecule has 0 bridgehead atoms. The van der Waals surface area contributed by atoms with E-state index in [0.29, 0.717) is 23.7 Å². The Morgan fingerprint density at radius 2 is 2.03 bits per heavy atom. The maximum atomic E-state index is 15.4. The second kappa shape index (κ2) is 9.00. The maximum Gasteiger partial charge on any atom is 0.409 e. The molecule has 2 aliphatic heterocycles. The van der Waals surface area contributed by atoms with Crippen molar-refractivity contribution >= 4 is 39.1 Å². The third kappa shape index (κ3) is 4.24. The Morgan fingerprint density at radius 3 is 2.74 bits per heavy atom. The highest BCUT2D eigenvalue weighted by Gasteiger charge is 2.65. The number of anilines is 1. The van der Waals surface area contributed by atoms with Gasteiger partial charge in [-0.3, -0.25) is 4.79 Å². The van der Waals surface area contributed by atoms with Crippen LogP contribution in [-0.2, 0) is 31.3 Å². The Balaban J connectivity index is 1.40. The molecular formula is C25H23ClFN5O6S. The van der Waals surface area contributed by atoms with E-state index in [4.69, 9.17) is 26.5 Å². The molecule has 1 saturated carbocycles. The first-order chi connectivity index (χ1) is 18.5. The van der Waals surface area contributed by atoms with E-state index in [9.17, 15) is 18.0 Å². The third-order valence-electron chi connectivity index (χ3n) is 7.57. The minimum atomic E-state index is -4.11. The molecule has 39 heavy (non-hydrogen) atoms. The van der Waals surface area contributed by atoms with E-state index >= 15 is 4.39 Å². The van der Waals surface area contributed by atoms with Crippen molar-refractivity contribution in [3.8, 4) is 11.5 Å². The van der Waals surface area contributed by atoms with Crippen LogP contribution in [-0.4, -0.2) is 67.5 Å². The van der Waals surface area contributed by atoms with Crippen LogP contribution in [0.2, 0.25) is 5.02 Å². The lowest BCUT2D eigenvalue weighted by Gasteiger charge is -2.24. The molecule has 1 saturated heterocycles. The van der Waals surface area contributed by atoms with Gasteiger partial charge in [0, 0.05) is 18.1 Å². The average Bonchev–Trinajstić information content (AvgIpc) is 3.24. The number of likely N-dealkylation sites (tertiary alicyclic amines) is 1. The number of sulfone groups is 1. The quantitative estimate of drug-likeness (QED) is 0.495. The fourth-order valence-corrected chi connectivity index (χ4v) is 7.13. The fraction of sp³-hybridized carbons (Fsp3) is 0.360. The summed E-state index contributed by atoms with van der Waals surface area (Å²) in [6.45, 7) is 0.788. The zero-order valence-electron chi connectivity index (χ0n) is 20.6. The maximum absolute atomic E-state index is 15.4. The number of methoxy groups -OCH3 is 1. The van der Waals surface area contributed by atoms with Gasteiger partial charge >= 0.3 is 6.09 Å². The normalized spacial score (nSPS) is 25.2. The monoisotopic (exact) mass is 575 g/mol. The topological polar surface area (TPSA) is 149 Å².